The van der Waals surface area contributed by atoms with E-state index in [1.165, 1.54) is 7.11 Å². The van der Waals surface area contributed by atoms with Crippen LogP contribution in [0.25, 0.3) is 10.9 Å². The van der Waals surface area contributed by atoms with Gasteiger partial charge in [0.25, 0.3) is 5.24 Å². The molecule has 0 radical (unpaired) electrons. The first kappa shape index (κ1) is 11.7. The lowest BCUT2D eigenvalue weighted by atomic mass is 10.2. The summed E-state index contributed by atoms with van der Waals surface area (Å²) in [5, 5.41) is 0.269. The molecule has 5 heteroatoms. The number of methoxy groups -OCH3 is 1. The molecule has 17 heavy (non-hydrogen) atoms. The van der Waals surface area contributed by atoms with Crippen molar-refractivity contribution in [2.75, 3.05) is 7.11 Å². The van der Waals surface area contributed by atoms with Crippen LogP contribution in [0.2, 0.25) is 0 Å². The molecule has 0 fully saturated rings. The Morgan fingerprint density at radius 3 is 2.71 bits per heavy atom. The lowest BCUT2D eigenvalue weighted by Gasteiger charge is -2.06. The maximum Gasteiger partial charge on any atom is 0.325 e. The molecular formula is C12H10ClNO3. The van der Waals surface area contributed by atoms with E-state index in [1.807, 2.05) is 24.3 Å². The average Bonchev–Trinajstić information content (AvgIpc) is 2.68. The summed E-state index contributed by atoms with van der Waals surface area (Å²) in [6.07, 6.45) is 0. The van der Waals surface area contributed by atoms with E-state index in [4.69, 9.17) is 11.6 Å². The highest BCUT2D eigenvalue weighted by Gasteiger charge is 2.15. The zero-order valence-electron chi connectivity index (χ0n) is 9.14. The molecule has 1 heterocycles. The molecule has 0 saturated heterocycles. The van der Waals surface area contributed by atoms with Crippen molar-refractivity contribution in [3.63, 3.8) is 0 Å². The molecule has 0 atom stereocenters. The number of rotatable bonds is 3. The number of para-hydroxylation sites is 1. The fourth-order valence-electron chi connectivity index (χ4n) is 1.74. The molecule has 0 aliphatic heterocycles. The van der Waals surface area contributed by atoms with E-state index >= 15 is 0 Å². The Labute approximate surface area is 103 Å². The van der Waals surface area contributed by atoms with E-state index in [-0.39, 0.29) is 6.54 Å². The Kier molecular flexibility index (Phi) is 3.15. The van der Waals surface area contributed by atoms with Crippen LogP contribution in [0.5, 0.6) is 0 Å². The molecule has 0 N–H and O–H groups in total. The topological polar surface area (TPSA) is 48.3 Å². The summed E-state index contributed by atoms with van der Waals surface area (Å²) in [5.74, 6) is -0.425. The first-order valence-electron chi connectivity index (χ1n) is 4.98. The van der Waals surface area contributed by atoms with Gasteiger partial charge in [0.2, 0.25) is 0 Å². The molecule has 0 unspecified atom stereocenters. The van der Waals surface area contributed by atoms with Gasteiger partial charge in [-0.3, -0.25) is 9.59 Å². The quantitative estimate of drug-likeness (QED) is 0.621. The van der Waals surface area contributed by atoms with Gasteiger partial charge in [-0.15, -0.1) is 0 Å². The van der Waals surface area contributed by atoms with Gasteiger partial charge in [0, 0.05) is 10.9 Å². The van der Waals surface area contributed by atoms with Crippen molar-refractivity contribution in [3.8, 4) is 0 Å². The number of halogens is 1. The number of benzene rings is 1. The van der Waals surface area contributed by atoms with Gasteiger partial charge in [-0.05, 0) is 23.7 Å². The summed E-state index contributed by atoms with van der Waals surface area (Å²) in [6.45, 7) is -0.0300. The summed E-state index contributed by atoms with van der Waals surface area (Å²) < 4.78 is 6.15. The van der Waals surface area contributed by atoms with Crippen LogP contribution in [-0.4, -0.2) is 22.9 Å². The highest BCUT2D eigenvalue weighted by molar-refractivity contribution is 6.67. The highest BCUT2D eigenvalue weighted by Crippen LogP contribution is 2.21. The van der Waals surface area contributed by atoms with Gasteiger partial charge in [-0.25, -0.2) is 0 Å². The van der Waals surface area contributed by atoms with E-state index in [0.717, 1.165) is 10.9 Å². The predicted molar refractivity (Wildman–Crippen MR) is 64.1 cm³/mol. The molecule has 88 valence electrons. The SMILES string of the molecule is COC(=O)Cn1c(C(=O)Cl)cc2ccccc21. The smallest absolute Gasteiger partial charge is 0.325 e. The zero-order valence-corrected chi connectivity index (χ0v) is 9.90. The van der Waals surface area contributed by atoms with Crippen molar-refractivity contribution >= 4 is 33.7 Å². The van der Waals surface area contributed by atoms with E-state index < -0.39 is 11.2 Å². The van der Waals surface area contributed by atoms with Crippen molar-refractivity contribution in [3.05, 3.63) is 36.0 Å². The summed E-state index contributed by atoms with van der Waals surface area (Å²) in [6, 6.07) is 9.02. The standard InChI is InChI=1S/C12H10ClNO3/c1-17-11(15)7-14-9-5-3-2-4-8(9)6-10(14)12(13)16/h2-6H,7H2,1H3. The number of carbonyl (C=O) groups is 2. The van der Waals surface area contributed by atoms with Crippen molar-refractivity contribution in [2.45, 2.75) is 6.54 Å². The number of aromatic nitrogens is 1. The summed E-state index contributed by atoms with van der Waals surface area (Å²) in [5.41, 5.74) is 1.07. The van der Waals surface area contributed by atoms with Crippen LogP contribution in [0.4, 0.5) is 0 Å². The van der Waals surface area contributed by atoms with Gasteiger partial charge in [0.1, 0.15) is 12.2 Å². The molecule has 1 aromatic carbocycles. The summed E-state index contributed by atoms with van der Waals surface area (Å²) >= 11 is 5.49. The number of hydrogen-bond donors (Lipinski definition) is 0. The van der Waals surface area contributed by atoms with Crippen LogP contribution >= 0.6 is 11.6 Å². The number of nitrogens with zero attached hydrogens (tertiary/aromatic N) is 1. The summed E-state index contributed by atoms with van der Waals surface area (Å²) in [7, 11) is 1.30. The van der Waals surface area contributed by atoms with Gasteiger partial charge in [0.05, 0.1) is 7.11 Å². The van der Waals surface area contributed by atoms with Crippen LogP contribution in [0, 0.1) is 0 Å². The van der Waals surface area contributed by atoms with Crippen molar-refractivity contribution in [1.29, 1.82) is 0 Å². The fourth-order valence-corrected chi connectivity index (χ4v) is 1.89. The van der Waals surface area contributed by atoms with E-state index in [0.29, 0.717) is 5.69 Å². The summed E-state index contributed by atoms with van der Waals surface area (Å²) in [4.78, 5) is 22.6. The Balaban J connectivity index is 2.59. The molecule has 0 saturated carbocycles. The predicted octanol–water partition coefficient (Wildman–Crippen LogP) is 2.19. The molecule has 0 bridgehead atoms. The second-order valence-corrected chi connectivity index (χ2v) is 3.87. The van der Waals surface area contributed by atoms with Gasteiger partial charge in [0.15, 0.2) is 0 Å². The Morgan fingerprint density at radius 2 is 2.06 bits per heavy atom. The first-order chi connectivity index (χ1) is 8.13. The van der Waals surface area contributed by atoms with Gasteiger partial charge in [-0.2, -0.15) is 0 Å². The Bertz CT molecular complexity index is 588. The normalized spacial score (nSPS) is 10.5. The van der Waals surface area contributed by atoms with E-state index in [1.54, 1.807) is 10.6 Å². The fraction of sp³-hybridized carbons (Fsp3) is 0.167. The lowest BCUT2D eigenvalue weighted by molar-refractivity contribution is -0.141. The first-order valence-corrected chi connectivity index (χ1v) is 5.36. The largest absolute Gasteiger partial charge is 0.468 e. The molecular weight excluding hydrogens is 242 g/mol. The molecule has 2 rings (SSSR count). The second kappa shape index (κ2) is 4.59. The van der Waals surface area contributed by atoms with Crippen LogP contribution in [0.3, 0.4) is 0 Å². The minimum Gasteiger partial charge on any atom is -0.468 e. The average molecular weight is 252 g/mol. The monoisotopic (exact) mass is 251 g/mol. The second-order valence-electron chi connectivity index (χ2n) is 3.52. The van der Waals surface area contributed by atoms with Gasteiger partial charge in [-0.1, -0.05) is 18.2 Å². The molecule has 1 aromatic heterocycles. The van der Waals surface area contributed by atoms with Crippen molar-refractivity contribution < 1.29 is 14.3 Å². The van der Waals surface area contributed by atoms with Crippen molar-refractivity contribution in [2.24, 2.45) is 0 Å². The Hall–Kier alpha value is -1.81. The molecule has 0 aliphatic rings. The number of fused-ring (bicyclic) bond motifs is 1. The van der Waals surface area contributed by atoms with E-state index in [9.17, 15) is 9.59 Å². The van der Waals surface area contributed by atoms with Crippen LogP contribution < -0.4 is 0 Å². The molecule has 0 amide bonds. The zero-order chi connectivity index (χ0) is 12.4. The third-order valence-electron chi connectivity index (χ3n) is 2.53. The third kappa shape index (κ3) is 2.17. The molecule has 2 aromatic rings. The third-order valence-corrected chi connectivity index (χ3v) is 2.72. The van der Waals surface area contributed by atoms with Gasteiger partial charge < -0.3 is 9.30 Å². The highest BCUT2D eigenvalue weighted by atomic mass is 35.5. The minimum atomic E-state index is -0.592. The maximum absolute atomic E-state index is 11.3. The van der Waals surface area contributed by atoms with Gasteiger partial charge >= 0.3 is 5.97 Å². The van der Waals surface area contributed by atoms with E-state index in [2.05, 4.69) is 4.74 Å². The van der Waals surface area contributed by atoms with Crippen LogP contribution in [-0.2, 0) is 16.1 Å². The van der Waals surface area contributed by atoms with Crippen molar-refractivity contribution in [1.82, 2.24) is 4.57 Å². The Morgan fingerprint density at radius 1 is 1.35 bits per heavy atom. The number of esters is 1. The molecule has 0 spiro atoms. The number of ether oxygens (including phenoxy) is 1. The van der Waals surface area contributed by atoms with Crippen LogP contribution in [0.1, 0.15) is 10.5 Å². The number of hydrogen-bond acceptors (Lipinski definition) is 3. The molecule has 0 aliphatic carbocycles. The lowest BCUT2D eigenvalue weighted by Crippen LogP contribution is -2.14. The van der Waals surface area contributed by atoms with Crippen LogP contribution in [0.15, 0.2) is 30.3 Å². The maximum atomic E-state index is 11.3. The molecule has 4 nitrogen and oxygen atoms in total. The number of carbonyl (C=O) groups excluding carboxylic acids is 2. The minimum absolute atomic E-state index is 0.0300.